The summed E-state index contributed by atoms with van der Waals surface area (Å²) in [5.74, 6) is 0.300. The number of rotatable bonds is 2. The molecule has 0 spiro atoms. The lowest BCUT2D eigenvalue weighted by Crippen LogP contribution is -2.48. The number of aromatic nitrogens is 2. The molecule has 1 N–H and O–H groups in total. The van der Waals surface area contributed by atoms with Crippen molar-refractivity contribution in [3.8, 4) is 0 Å². The summed E-state index contributed by atoms with van der Waals surface area (Å²) in [7, 11) is 0. The Morgan fingerprint density at radius 2 is 2.25 bits per heavy atom. The Balaban J connectivity index is 2.14. The van der Waals surface area contributed by atoms with E-state index in [4.69, 9.17) is 5.11 Å². The molecule has 1 aliphatic rings. The van der Waals surface area contributed by atoms with Crippen molar-refractivity contribution in [1.82, 2.24) is 14.7 Å². The third kappa shape index (κ3) is 2.02. The molecule has 0 radical (unpaired) electrons. The Bertz CT molecular complexity index is 410. The van der Waals surface area contributed by atoms with E-state index in [0.717, 1.165) is 9.39 Å². The zero-order valence-corrected chi connectivity index (χ0v) is 11.4. The van der Waals surface area contributed by atoms with Crippen molar-refractivity contribution >= 4 is 28.7 Å². The van der Waals surface area contributed by atoms with Crippen LogP contribution in [0, 0.1) is 3.70 Å². The first kappa shape index (κ1) is 11.7. The highest BCUT2D eigenvalue weighted by molar-refractivity contribution is 14.1. The first-order valence-corrected chi connectivity index (χ1v) is 6.29. The van der Waals surface area contributed by atoms with Crippen molar-refractivity contribution in [3.05, 3.63) is 15.5 Å². The van der Waals surface area contributed by atoms with Gasteiger partial charge in [-0.25, -0.2) is 4.79 Å². The fraction of sp³-hybridized carbons (Fsp3) is 0.600. The van der Waals surface area contributed by atoms with Crippen LogP contribution in [-0.4, -0.2) is 39.0 Å². The first-order valence-electron chi connectivity index (χ1n) is 5.22. The van der Waals surface area contributed by atoms with Crippen LogP contribution in [0.3, 0.4) is 0 Å². The number of halogens is 1. The largest absolute Gasteiger partial charge is 0.465 e. The molecule has 0 atom stereocenters. The molecular weight excluding hydrogens is 321 g/mol. The molecule has 6 heteroatoms. The summed E-state index contributed by atoms with van der Waals surface area (Å²) >= 11 is 2.19. The van der Waals surface area contributed by atoms with Crippen LogP contribution < -0.4 is 0 Å². The Labute approximate surface area is 108 Å². The lowest BCUT2D eigenvalue weighted by molar-refractivity contribution is 0.103. The summed E-state index contributed by atoms with van der Waals surface area (Å²) in [5, 5.41) is 13.2. The molecule has 0 bridgehead atoms. The van der Waals surface area contributed by atoms with Gasteiger partial charge in [0, 0.05) is 30.7 Å². The van der Waals surface area contributed by atoms with E-state index in [1.54, 1.807) is 0 Å². The van der Waals surface area contributed by atoms with E-state index < -0.39 is 6.09 Å². The molecule has 88 valence electrons. The molecule has 1 aromatic rings. The molecule has 0 aromatic carbocycles. The highest BCUT2D eigenvalue weighted by atomic mass is 127. The van der Waals surface area contributed by atoms with Crippen molar-refractivity contribution < 1.29 is 9.90 Å². The third-order valence-corrected chi connectivity index (χ3v) is 3.32. The maximum atomic E-state index is 10.7. The van der Waals surface area contributed by atoms with Crippen LogP contribution >= 0.6 is 22.6 Å². The Kier molecular flexibility index (Phi) is 3.09. The highest BCUT2D eigenvalue weighted by Crippen LogP contribution is 2.29. The molecular formula is C10H14IN3O2. The molecule has 16 heavy (non-hydrogen) atoms. The predicted molar refractivity (Wildman–Crippen MR) is 67.7 cm³/mol. The van der Waals surface area contributed by atoms with Crippen molar-refractivity contribution in [2.75, 3.05) is 13.1 Å². The zero-order valence-electron chi connectivity index (χ0n) is 9.22. The highest BCUT2D eigenvalue weighted by Gasteiger charge is 2.34. The van der Waals surface area contributed by atoms with Crippen molar-refractivity contribution in [2.45, 2.75) is 25.8 Å². The van der Waals surface area contributed by atoms with E-state index in [1.807, 2.05) is 10.7 Å². The second kappa shape index (κ2) is 4.23. The number of hydrogen-bond donors (Lipinski definition) is 1. The van der Waals surface area contributed by atoms with E-state index >= 15 is 0 Å². The van der Waals surface area contributed by atoms with Gasteiger partial charge in [-0.2, -0.15) is 5.10 Å². The predicted octanol–water partition coefficient (Wildman–Crippen LogP) is 2.15. The number of hydrogen-bond acceptors (Lipinski definition) is 2. The second-order valence-electron chi connectivity index (χ2n) is 4.31. The lowest BCUT2D eigenvalue weighted by atomic mass is 9.96. The van der Waals surface area contributed by atoms with Crippen LogP contribution in [0.5, 0.6) is 0 Å². The number of likely N-dealkylation sites (tertiary alicyclic amines) is 1. The average Bonchev–Trinajstić information content (AvgIpc) is 2.43. The monoisotopic (exact) mass is 335 g/mol. The molecule has 0 unspecified atom stereocenters. The quantitative estimate of drug-likeness (QED) is 0.843. The Morgan fingerprint density at radius 1 is 1.62 bits per heavy atom. The summed E-state index contributed by atoms with van der Waals surface area (Å²) in [6.45, 7) is 5.34. The van der Waals surface area contributed by atoms with Crippen molar-refractivity contribution in [1.29, 1.82) is 0 Å². The summed E-state index contributed by atoms with van der Waals surface area (Å²) in [4.78, 5) is 12.1. The summed E-state index contributed by atoms with van der Waals surface area (Å²) in [6.07, 6.45) is -0.832. The van der Waals surface area contributed by atoms with Gasteiger partial charge in [-0.15, -0.1) is 0 Å². The standard InChI is InChI=1S/C10H14IN3O2/c1-6(2)14-8(3-9(11)12-14)7-4-13(5-7)10(15)16/h3,6-7H,4-5H2,1-2H3,(H,15,16). The van der Waals surface area contributed by atoms with Crippen molar-refractivity contribution in [2.24, 2.45) is 0 Å². The van der Waals surface area contributed by atoms with Gasteiger partial charge < -0.3 is 10.0 Å². The number of carbonyl (C=O) groups is 1. The molecule has 1 aromatic heterocycles. The van der Waals surface area contributed by atoms with Gasteiger partial charge in [0.1, 0.15) is 3.70 Å². The molecule has 1 amide bonds. The smallest absolute Gasteiger partial charge is 0.407 e. The van der Waals surface area contributed by atoms with Gasteiger partial charge in [0.15, 0.2) is 0 Å². The summed E-state index contributed by atoms with van der Waals surface area (Å²) in [5.41, 5.74) is 1.15. The lowest BCUT2D eigenvalue weighted by Gasteiger charge is -2.37. The second-order valence-corrected chi connectivity index (χ2v) is 5.42. The van der Waals surface area contributed by atoms with Gasteiger partial charge >= 0.3 is 6.09 Å². The maximum absolute atomic E-state index is 10.7. The fourth-order valence-electron chi connectivity index (χ4n) is 1.92. The van der Waals surface area contributed by atoms with Crippen LogP contribution in [0.15, 0.2) is 6.07 Å². The van der Waals surface area contributed by atoms with Crippen LogP contribution in [0.4, 0.5) is 4.79 Å². The van der Waals surface area contributed by atoms with Crippen LogP contribution in [-0.2, 0) is 0 Å². The fourth-order valence-corrected chi connectivity index (χ4v) is 2.47. The molecule has 2 rings (SSSR count). The number of nitrogens with zero attached hydrogens (tertiary/aromatic N) is 3. The number of carboxylic acid groups (broad SMARTS) is 1. The van der Waals surface area contributed by atoms with Crippen molar-refractivity contribution in [3.63, 3.8) is 0 Å². The zero-order chi connectivity index (χ0) is 11.9. The van der Waals surface area contributed by atoms with Gasteiger partial charge in [-0.1, -0.05) is 0 Å². The Hall–Kier alpha value is -0.790. The van der Waals surface area contributed by atoms with Gasteiger partial charge in [0.25, 0.3) is 0 Å². The molecule has 0 saturated carbocycles. The minimum Gasteiger partial charge on any atom is -0.465 e. The normalized spacial score (nSPS) is 16.6. The molecule has 5 nitrogen and oxygen atoms in total. The topological polar surface area (TPSA) is 58.4 Å². The van der Waals surface area contributed by atoms with Gasteiger partial charge in [0.05, 0.1) is 0 Å². The minimum atomic E-state index is -0.832. The van der Waals surface area contributed by atoms with E-state index in [2.05, 4.69) is 41.5 Å². The maximum Gasteiger partial charge on any atom is 0.407 e. The third-order valence-electron chi connectivity index (χ3n) is 2.79. The van der Waals surface area contributed by atoms with E-state index in [-0.39, 0.29) is 0 Å². The number of amides is 1. The van der Waals surface area contributed by atoms with Gasteiger partial charge in [-0.05, 0) is 42.5 Å². The van der Waals surface area contributed by atoms with Crippen LogP contribution in [0.1, 0.15) is 31.5 Å². The molecule has 2 heterocycles. The summed E-state index contributed by atoms with van der Waals surface area (Å²) in [6, 6.07) is 2.36. The van der Waals surface area contributed by atoms with Crippen LogP contribution in [0.2, 0.25) is 0 Å². The van der Waals surface area contributed by atoms with Crippen LogP contribution in [0.25, 0.3) is 0 Å². The molecule has 1 aliphatic heterocycles. The van der Waals surface area contributed by atoms with Gasteiger partial charge in [-0.3, -0.25) is 4.68 Å². The SMILES string of the molecule is CC(C)n1nc(I)cc1C1CN(C(=O)O)C1. The molecule has 0 aliphatic carbocycles. The Morgan fingerprint density at radius 3 is 2.75 bits per heavy atom. The first-order chi connectivity index (χ1) is 7.49. The van der Waals surface area contributed by atoms with E-state index in [0.29, 0.717) is 25.0 Å². The molecule has 1 saturated heterocycles. The van der Waals surface area contributed by atoms with E-state index in [9.17, 15) is 4.79 Å². The molecule has 1 fully saturated rings. The van der Waals surface area contributed by atoms with Gasteiger partial charge in [0.2, 0.25) is 0 Å². The van der Waals surface area contributed by atoms with E-state index in [1.165, 1.54) is 4.90 Å². The average molecular weight is 335 g/mol. The minimum absolute atomic E-state index is 0.300. The summed E-state index contributed by atoms with van der Waals surface area (Å²) < 4.78 is 2.96.